The third-order valence-electron chi connectivity index (χ3n) is 4.38. The fraction of sp³-hybridized carbons (Fsp3) is 0.500. The highest BCUT2D eigenvalue weighted by Crippen LogP contribution is 2.26. The van der Waals surface area contributed by atoms with Crippen molar-refractivity contribution in [1.29, 1.82) is 0 Å². The van der Waals surface area contributed by atoms with E-state index in [4.69, 9.17) is 0 Å². The molecule has 1 saturated heterocycles. The average molecular weight is 318 g/mol. The first-order chi connectivity index (χ1) is 10.5. The lowest BCUT2D eigenvalue weighted by Gasteiger charge is -2.24. The molecule has 6 heteroatoms. The van der Waals surface area contributed by atoms with Crippen molar-refractivity contribution in [2.45, 2.75) is 25.4 Å². The highest BCUT2D eigenvalue weighted by Gasteiger charge is 2.30. The molecule has 0 radical (unpaired) electrons. The topological polar surface area (TPSA) is 48.5 Å². The summed E-state index contributed by atoms with van der Waals surface area (Å²) >= 11 is 1.52. The van der Waals surface area contributed by atoms with Gasteiger partial charge in [0.1, 0.15) is 0 Å². The summed E-state index contributed by atoms with van der Waals surface area (Å²) in [5.41, 5.74) is 0.935. The fourth-order valence-corrected chi connectivity index (χ4v) is 3.71. The number of anilines is 1. The van der Waals surface area contributed by atoms with Crippen molar-refractivity contribution in [1.82, 2.24) is 14.8 Å². The minimum absolute atomic E-state index is 0.0264. The van der Waals surface area contributed by atoms with Crippen LogP contribution in [0.25, 0.3) is 10.2 Å². The van der Waals surface area contributed by atoms with Crippen LogP contribution in [0.3, 0.4) is 0 Å². The predicted octanol–water partition coefficient (Wildman–Crippen LogP) is 2.26. The van der Waals surface area contributed by atoms with E-state index in [2.05, 4.69) is 34.2 Å². The van der Waals surface area contributed by atoms with Crippen molar-refractivity contribution < 1.29 is 4.79 Å². The van der Waals surface area contributed by atoms with Crippen molar-refractivity contribution in [3.8, 4) is 0 Å². The molecular weight excluding hydrogens is 296 g/mol. The number of aromatic nitrogens is 1. The smallest absolute Gasteiger partial charge is 0.243 e. The highest BCUT2D eigenvalue weighted by atomic mass is 32.1. The average Bonchev–Trinajstić information content (AvgIpc) is 3.12. The molecule has 0 bridgehead atoms. The number of nitrogens with one attached hydrogen (secondary N) is 1. The molecule has 0 aliphatic carbocycles. The molecule has 1 N–H and O–H groups in total. The van der Waals surface area contributed by atoms with E-state index in [0.717, 1.165) is 29.7 Å². The Bertz CT molecular complexity index is 636. The molecule has 0 saturated carbocycles. The number of carbonyl (C=O) groups excluding carboxylic acids is 1. The second-order valence-corrected chi connectivity index (χ2v) is 7.08. The number of fused-ring (bicyclic) bond motifs is 1. The molecule has 2 heterocycles. The van der Waals surface area contributed by atoms with Gasteiger partial charge in [0, 0.05) is 19.1 Å². The summed E-state index contributed by atoms with van der Waals surface area (Å²) in [7, 11) is 4.19. The van der Waals surface area contributed by atoms with Crippen LogP contribution in [0.5, 0.6) is 0 Å². The van der Waals surface area contributed by atoms with Crippen LogP contribution < -0.4 is 5.32 Å². The van der Waals surface area contributed by atoms with Crippen molar-refractivity contribution in [2.75, 3.05) is 32.5 Å². The zero-order valence-electron chi connectivity index (χ0n) is 13.2. The van der Waals surface area contributed by atoms with Gasteiger partial charge in [-0.2, -0.15) is 0 Å². The first-order valence-corrected chi connectivity index (χ1v) is 8.43. The molecule has 2 atom stereocenters. The van der Waals surface area contributed by atoms with Crippen molar-refractivity contribution >= 4 is 32.6 Å². The number of likely N-dealkylation sites (tertiary alicyclic amines) is 1. The van der Waals surface area contributed by atoms with Crippen LogP contribution in [0, 0.1) is 0 Å². The van der Waals surface area contributed by atoms with Gasteiger partial charge in [-0.1, -0.05) is 23.5 Å². The number of hydrogen-bond acceptors (Lipinski definition) is 5. The van der Waals surface area contributed by atoms with E-state index in [1.165, 1.54) is 11.3 Å². The third-order valence-corrected chi connectivity index (χ3v) is 5.33. The number of nitrogens with zero attached hydrogens (tertiary/aromatic N) is 3. The van der Waals surface area contributed by atoms with Crippen LogP contribution >= 0.6 is 11.3 Å². The molecular formula is C16H22N4OS. The number of para-hydroxylation sites is 1. The number of amides is 1. The van der Waals surface area contributed by atoms with Gasteiger partial charge in [-0.15, -0.1) is 0 Å². The molecule has 1 aliphatic heterocycles. The first-order valence-electron chi connectivity index (χ1n) is 7.61. The number of thiazole rings is 1. The van der Waals surface area contributed by atoms with E-state index < -0.39 is 0 Å². The Morgan fingerprint density at radius 2 is 2.23 bits per heavy atom. The van der Waals surface area contributed by atoms with Crippen molar-refractivity contribution in [2.24, 2.45) is 0 Å². The molecule has 5 nitrogen and oxygen atoms in total. The van der Waals surface area contributed by atoms with Gasteiger partial charge >= 0.3 is 0 Å². The quantitative estimate of drug-likeness (QED) is 0.939. The number of carbonyl (C=O) groups is 1. The summed E-state index contributed by atoms with van der Waals surface area (Å²) in [6.45, 7) is 3.89. The van der Waals surface area contributed by atoms with Crippen LogP contribution in [0.4, 0.5) is 5.13 Å². The fourth-order valence-electron chi connectivity index (χ4n) is 2.84. The van der Waals surface area contributed by atoms with E-state index in [9.17, 15) is 4.79 Å². The van der Waals surface area contributed by atoms with E-state index in [1.54, 1.807) is 0 Å². The van der Waals surface area contributed by atoms with E-state index >= 15 is 0 Å². The van der Waals surface area contributed by atoms with E-state index in [0.29, 0.717) is 11.2 Å². The number of likely N-dealkylation sites (N-methyl/N-ethyl adjacent to an activating group) is 1. The molecule has 0 spiro atoms. The van der Waals surface area contributed by atoms with Gasteiger partial charge in [-0.05, 0) is 39.6 Å². The lowest BCUT2D eigenvalue weighted by Crippen LogP contribution is -2.42. The summed E-state index contributed by atoms with van der Waals surface area (Å²) in [5, 5.41) is 3.65. The molecule has 1 aliphatic rings. The van der Waals surface area contributed by atoms with Crippen LogP contribution in [-0.2, 0) is 4.79 Å². The number of benzene rings is 1. The van der Waals surface area contributed by atoms with Crippen molar-refractivity contribution in [3.63, 3.8) is 0 Å². The van der Waals surface area contributed by atoms with Gasteiger partial charge in [0.25, 0.3) is 0 Å². The van der Waals surface area contributed by atoms with Gasteiger partial charge in [0.05, 0.1) is 16.3 Å². The second kappa shape index (κ2) is 6.32. The Morgan fingerprint density at radius 1 is 1.45 bits per heavy atom. The Labute approximate surface area is 134 Å². The Morgan fingerprint density at radius 3 is 2.91 bits per heavy atom. The lowest BCUT2D eigenvalue weighted by molar-refractivity contribution is -0.120. The molecule has 1 amide bonds. The maximum Gasteiger partial charge on any atom is 0.243 e. The molecule has 1 fully saturated rings. The minimum Gasteiger partial charge on any atom is -0.305 e. The molecule has 118 valence electrons. The summed E-state index contributed by atoms with van der Waals surface area (Å²) in [6, 6.07) is 8.35. The SMILES string of the molecule is CC(C(=O)Nc1nc2ccccc2s1)N1CCC(N(C)C)C1. The van der Waals surface area contributed by atoms with Crippen LogP contribution in [0.2, 0.25) is 0 Å². The van der Waals surface area contributed by atoms with E-state index in [-0.39, 0.29) is 11.9 Å². The van der Waals surface area contributed by atoms with Gasteiger partial charge in [-0.3, -0.25) is 9.69 Å². The summed E-state index contributed by atoms with van der Waals surface area (Å²) in [4.78, 5) is 21.4. The minimum atomic E-state index is -0.128. The van der Waals surface area contributed by atoms with Crippen LogP contribution in [0.15, 0.2) is 24.3 Å². The maximum atomic E-state index is 12.5. The van der Waals surface area contributed by atoms with Gasteiger partial charge in [0.2, 0.25) is 5.91 Å². The Hall–Kier alpha value is -1.50. The summed E-state index contributed by atoms with van der Waals surface area (Å²) in [5.74, 6) is 0.0264. The van der Waals surface area contributed by atoms with Gasteiger partial charge in [-0.25, -0.2) is 4.98 Å². The molecule has 2 aromatic rings. The predicted molar refractivity (Wildman–Crippen MR) is 91.4 cm³/mol. The molecule has 1 aromatic carbocycles. The van der Waals surface area contributed by atoms with Crippen LogP contribution in [-0.4, -0.2) is 60.0 Å². The maximum absolute atomic E-state index is 12.5. The Kier molecular flexibility index (Phi) is 4.42. The number of hydrogen-bond donors (Lipinski definition) is 1. The van der Waals surface area contributed by atoms with E-state index in [1.807, 2.05) is 31.2 Å². The zero-order valence-corrected chi connectivity index (χ0v) is 14.1. The van der Waals surface area contributed by atoms with Crippen molar-refractivity contribution in [3.05, 3.63) is 24.3 Å². The molecule has 1 aromatic heterocycles. The highest BCUT2D eigenvalue weighted by molar-refractivity contribution is 7.22. The summed E-state index contributed by atoms with van der Waals surface area (Å²) < 4.78 is 1.10. The normalized spacial score (nSPS) is 20.6. The first kappa shape index (κ1) is 15.4. The van der Waals surface area contributed by atoms with Crippen LogP contribution in [0.1, 0.15) is 13.3 Å². The lowest BCUT2D eigenvalue weighted by atomic mass is 10.2. The largest absolute Gasteiger partial charge is 0.305 e. The zero-order chi connectivity index (χ0) is 15.7. The summed E-state index contributed by atoms with van der Waals surface area (Å²) in [6.07, 6.45) is 1.12. The third kappa shape index (κ3) is 3.14. The standard InChI is InChI=1S/C16H22N4OS/c1-11(20-9-8-12(10-20)19(2)3)15(21)18-16-17-13-6-4-5-7-14(13)22-16/h4-7,11-12H,8-10H2,1-3H3,(H,17,18,21). The molecule has 2 unspecified atom stereocenters. The Balaban J connectivity index is 1.64. The van der Waals surface area contributed by atoms with Gasteiger partial charge < -0.3 is 10.2 Å². The molecule has 22 heavy (non-hydrogen) atoms. The van der Waals surface area contributed by atoms with Gasteiger partial charge in [0.15, 0.2) is 5.13 Å². The number of rotatable bonds is 4. The monoisotopic (exact) mass is 318 g/mol. The second-order valence-electron chi connectivity index (χ2n) is 6.05. The molecule has 3 rings (SSSR count).